The predicted molar refractivity (Wildman–Crippen MR) is 78.5 cm³/mol. The van der Waals surface area contributed by atoms with Crippen LogP contribution in [0.5, 0.6) is 0 Å². The zero-order chi connectivity index (χ0) is 14.5. The molecular weight excluding hydrogens is 254 g/mol. The molecule has 0 aromatic carbocycles. The molecule has 0 aliphatic carbocycles. The summed E-state index contributed by atoms with van der Waals surface area (Å²) in [6.45, 7) is 4.18. The lowest BCUT2D eigenvalue weighted by Crippen LogP contribution is -2.17. The van der Waals surface area contributed by atoms with Gasteiger partial charge in [-0.2, -0.15) is 0 Å². The van der Waals surface area contributed by atoms with Gasteiger partial charge in [-0.1, -0.05) is 13.8 Å². The van der Waals surface area contributed by atoms with Gasteiger partial charge in [0.15, 0.2) is 0 Å². The van der Waals surface area contributed by atoms with Crippen molar-refractivity contribution in [1.29, 1.82) is 0 Å². The van der Waals surface area contributed by atoms with Gasteiger partial charge in [0.1, 0.15) is 5.69 Å². The van der Waals surface area contributed by atoms with Crippen LogP contribution in [0.25, 0.3) is 11.1 Å². The minimum Gasteiger partial charge on any atom is -0.324 e. The van der Waals surface area contributed by atoms with Gasteiger partial charge in [-0.15, -0.1) is 0 Å². The lowest BCUT2D eigenvalue weighted by molar-refractivity contribution is -0.105. The maximum atomic E-state index is 11.9. The van der Waals surface area contributed by atoms with E-state index in [4.69, 9.17) is 0 Å². The zero-order valence-electron chi connectivity index (χ0n) is 11.5. The van der Waals surface area contributed by atoms with E-state index in [9.17, 15) is 9.59 Å². The Balaban J connectivity index is 2.58. The highest BCUT2D eigenvalue weighted by Gasteiger charge is 2.11. The second-order valence-corrected chi connectivity index (χ2v) is 5.00. The highest BCUT2D eigenvalue weighted by molar-refractivity contribution is 5.76. The number of aromatic nitrogens is 2. The number of nitrogens with one attached hydrogen (secondary N) is 2. The Bertz CT molecular complexity index is 648. The van der Waals surface area contributed by atoms with Crippen LogP contribution < -0.4 is 10.9 Å². The number of carbonyl (C=O) groups is 1. The van der Waals surface area contributed by atoms with E-state index < -0.39 is 0 Å². The van der Waals surface area contributed by atoms with Crippen molar-refractivity contribution in [3.63, 3.8) is 0 Å². The van der Waals surface area contributed by atoms with Gasteiger partial charge >= 0.3 is 0 Å². The molecule has 0 saturated carbocycles. The average molecular weight is 271 g/mol. The Morgan fingerprint density at radius 1 is 1.35 bits per heavy atom. The van der Waals surface area contributed by atoms with Gasteiger partial charge in [0, 0.05) is 23.7 Å². The van der Waals surface area contributed by atoms with Crippen LogP contribution in [0.4, 0.5) is 5.69 Å². The Morgan fingerprint density at radius 2 is 2.05 bits per heavy atom. The number of nitrogens with zero attached hydrogens (tertiary/aromatic N) is 1. The second-order valence-electron chi connectivity index (χ2n) is 5.00. The summed E-state index contributed by atoms with van der Waals surface area (Å²) in [7, 11) is 0. The van der Waals surface area contributed by atoms with Gasteiger partial charge in [-0.3, -0.25) is 14.6 Å². The summed E-state index contributed by atoms with van der Waals surface area (Å²) in [5, 5.41) is 2.43. The second kappa shape index (κ2) is 6.14. The minimum atomic E-state index is -0.287. The number of hydrogen-bond donors (Lipinski definition) is 2. The topological polar surface area (TPSA) is 74.8 Å². The fraction of sp³-hybridized carbons (Fsp3) is 0.267. The number of H-pyrrole nitrogens is 1. The van der Waals surface area contributed by atoms with Crippen LogP contribution >= 0.6 is 0 Å². The van der Waals surface area contributed by atoms with Gasteiger partial charge in [0.2, 0.25) is 6.41 Å². The highest BCUT2D eigenvalue weighted by Crippen LogP contribution is 2.24. The molecule has 0 spiro atoms. The summed E-state index contributed by atoms with van der Waals surface area (Å²) in [6.07, 6.45) is 4.66. The first-order valence-corrected chi connectivity index (χ1v) is 6.48. The van der Waals surface area contributed by atoms with Crippen molar-refractivity contribution in [2.45, 2.75) is 20.3 Å². The van der Waals surface area contributed by atoms with E-state index in [1.807, 2.05) is 12.1 Å². The molecule has 2 aromatic heterocycles. The molecule has 0 saturated heterocycles. The van der Waals surface area contributed by atoms with Crippen LogP contribution in [0, 0.1) is 5.92 Å². The first-order valence-electron chi connectivity index (χ1n) is 6.48. The number of rotatable bonds is 5. The standard InChI is InChI=1S/C15H17N3O2/c1-10(2)7-13-12(11-3-5-16-6-4-11)8-14(17-9-19)15(20)18-13/h3-6,8-10H,7H2,1-2H3,(H,17,19)(H,18,20). The third-order valence-electron chi connectivity index (χ3n) is 2.94. The maximum Gasteiger partial charge on any atom is 0.271 e. The Hall–Kier alpha value is -2.43. The van der Waals surface area contributed by atoms with Crippen molar-refractivity contribution < 1.29 is 4.79 Å². The molecule has 20 heavy (non-hydrogen) atoms. The normalized spacial score (nSPS) is 10.6. The van der Waals surface area contributed by atoms with Gasteiger partial charge in [-0.05, 0) is 36.1 Å². The van der Waals surface area contributed by atoms with E-state index in [-0.39, 0.29) is 11.2 Å². The predicted octanol–water partition coefficient (Wildman–Crippen LogP) is 2.20. The van der Waals surface area contributed by atoms with Crippen LogP contribution in [0.15, 0.2) is 35.4 Å². The third kappa shape index (κ3) is 3.12. The van der Waals surface area contributed by atoms with Crippen LogP contribution in [-0.2, 0) is 11.2 Å². The molecule has 2 rings (SSSR count). The van der Waals surface area contributed by atoms with E-state index in [1.54, 1.807) is 18.5 Å². The number of anilines is 1. The van der Waals surface area contributed by atoms with Crippen molar-refractivity contribution >= 4 is 12.1 Å². The van der Waals surface area contributed by atoms with Gasteiger partial charge in [0.05, 0.1) is 0 Å². The Labute approximate surface area is 117 Å². The molecule has 2 aromatic rings. The average Bonchev–Trinajstić information content (AvgIpc) is 2.42. The molecule has 2 heterocycles. The molecule has 0 aliphatic rings. The van der Waals surface area contributed by atoms with Gasteiger partial charge in [-0.25, -0.2) is 0 Å². The number of hydrogen-bond acceptors (Lipinski definition) is 3. The third-order valence-corrected chi connectivity index (χ3v) is 2.94. The molecule has 0 aliphatic heterocycles. The number of carbonyl (C=O) groups excluding carboxylic acids is 1. The lowest BCUT2D eigenvalue weighted by Gasteiger charge is -2.13. The van der Waals surface area contributed by atoms with Crippen LogP contribution in [0.3, 0.4) is 0 Å². The monoisotopic (exact) mass is 271 g/mol. The molecule has 0 fully saturated rings. The maximum absolute atomic E-state index is 11.9. The minimum absolute atomic E-state index is 0.249. The summed E-state index contributed by atoms with van der Waals surface area (Å²) in [4.78, 5) is 29.3. The zero-order valence-corrected chi connectivity index (χ0v) is 11.5. The molecule has 5 nitrogen and oxygen atoms in total. The molecule has 0 atom stereocenters. The smallest absolute Gasteiger partial charge is 0.271 e. The molecule has 104 valence electrons. The molecular formula is C15H17N3O2. The lowest BCUT2D eigenvalue weighted by atomic mass is 9.98. The Morgan fingerprint density at radius 3 is 2.65 bits per heavy atom. The summed E-state index contributed by atoms with van der Waals surface area (Å²) >= 11 is 0. The Kier molecular flexibility index (Phi) is 4.30. The van der Waals surface area contributed by atoms with E-state index in [0.29, 0.717) is 12.3 Å². The SMILES string of the molecule is CC(C)Cc1[nH]c(=O)c(NC=O)cc1-c1ccncc1. The number of pyridine rings is 2. The van der Waals surface area contributed by atoms with Crippen molar-refractivity contribution in [3.05, 3.63) is 46.6 Å². The molecule has 5 heteroatoms. The quantitative estimate of drug-likeness (QED) is 0.819. The molecule has 1 amide bonds. The van der Waals surface area contributed by atoms with Crippen molar-refractivity contribution in [2.75, 3.05) is 5.32 Å². The van der Waals surface area contributed by atoms with Gasteiger partial charge in [0.25, 0.3) is 5.56 Å². The number of amides is 1. The van der Waals surface area contributed by atoms with E-state index in [2.05, 4.69) is 29.1 Å². The fourth-order valence-corrected chi connectivity index (χ4v) is 2.10. The molecule has 0 radical (unpaired) electrons. The van der Waals surface area contributed by atoms with Gasteiger partial charge < -0.3 is 10.3 Å². The summed E-state index contributed by atoms with van der Waals surface area (Å²) in [5.74, 6) is 0.413. The van der Waals surface area contributed by atoms with Crippen molar-refractivity contribution in [1.82, 2.24) is 9.97 Å². The van der Waals surface area contributed by atoms with Crippen LogP contribution in [0.2, 0.25) is 0 Å². The summed E-state index contributed by atoms with van der Waals surface area (Å²) in [5.41, 5.74) is 2.70. The van der Waals surface area contributed by atoms with E-state index in [1.165, 1.54) is 0 Å². The van der Waals surface area contributed by atoms with E-state index >= 15 is 0 Å². The first-order chi connectivity index (χ1) is 9.61. The largest absolute Gasteiger partial charge is 0.324 e. The van der Waals surface area contributed by atoms with Crippen LogP contribution in [0.1, 0.15) is 19.5 Å². The molecule has 2 N–H and O–H groups in total. The summed E-state index contributed by atoms with van der Waals surface area (Å²) < 4.78 is 0. The first kappa shape index (κ1) is 14.0. The van der Waals surface area contributed by atoms with E-state index in [0.717, 1.165) is 23.2 Å². The van der Waals surface area contributed by atoms with Crippen molar-refractivity contribution in [2.24, 2.45) is 5.92 Å². The fourth-order valence-electron chi connectivity index (χ4n) is 2.10. The highest BCUT2D eigenvalue weighted by atomic mass is 16.1. The summed E-state index contributed by atoms with van der Waals surface area (Å²) in [6, 6.07) is 5.46. The number of aromatic amines is 1. The molecule has 0 bridgehead atoms. The molecule has 0 unspecified atom stereocenters. The van der Waals surface area contributed by atoms with Crippen LogP contribution in [-0.4, -0.2) is 16.4 Å². The van der Waals surface area contributed by atoms with Crippen molar-refractivity contribution in [3.8, 4) is 11.1 Å².